The van der Waals surface area contributed by atoms with Crippen LogP contribution in [-0.2, 0) is 5.41 Å². The maximum absolute atomic E-state index is 10.1. The number of hydrogen-bond donors (Lipinski definition) is 0. The summed E-state index contributed by atoms with van der Waals surface area (Å²) in [4.78, 5) is 17.4. The minimum Gasteiger partial charge on any atom is -0.208 e. The second-order valence-electron chi connectivity index (χ2n) is 13.1. The zero-order valence-corrected chi connectivity index (χ0v) is 28.7. The lowest BCUT2D eigenvalue weighted by atomic mass is 9.67. The third-order valence-electron chi connectivity index (χ3n) is 10.2. The van der Waals surface area contributed by atoms with Crippen LogP contribution in [0.15, 0.2) is 180 Å². The van der Waals surface area contributed by atoms with E-state index in [1.165, 1.54) is 32.0 Å². The molecule has 52 heavy (non-hydrogen) atoms. The molecule has 0 amide bonds. The molecule has 2 heterocycles. The smallest absolute Gasteiger partial charge is 0.164 e. The molecule has 2 aliphatic rings. The van der Waals surface area contributed by atoms with Gasteiger partial charge in [0, 0.05) is 26.5 Å². The molecule has 0 N–H and O–H groups in total. The highest BCUT2D eigenvalue weighted by Gasteiger charge is 2.50. The predicted octanol–water partition coefficient (Wildman–Crippen LogP) is 11.2. The van der Waals surface area contributed by atoms with Gasteiger partial charge in [-0.2, -0.15) is 5.26 Å². The van der Waals surface area contributed by atoms with Crippen LogP contribution in [-0.4, -0.2) is 15.0 Å². The molecule has 242 valence electrons. The number of nitriles is 1. The van der Waals surface area contributed by atoms with Crippen molar-refractivity contribution in [2.75, 3.05) is 0 Å². The summed E-state index contributed by atoms with van der Waals surface area (Å²) in [5.74, 6) is 1.89. The second kappa shape index (κ2) is 12.0. The molecule has 1 aliphatic heterocycles. The maximum Gasteiger partial charge on any atom is 0.164 e. The van der Waals surface area contributed by atoms with Gasteiger partial charge < -0.3 is 0 Å². The number of benzene rings is 7. The number of aromatic nitrogens is 3. The van der Waals surface area contributed by atoms with E-state index in [1.54, 1.807) is 0 Å². The van der Waals surface area contributed by atoms with Gasteiger partial charge in [0.25, 0.3) is 0 Å². The zero-order valence-electron chi connectivity index (χ0n) is 27.9. The van der Waals surface area contributed by atoms with E-state index >= 15 is 0 Å². The topological polar surface area (TPSA) is 62.5 Å². The van der Waals surface area contributed by atoms with Gasteiger partial charge in [0.1, 0.15) is 0 Å². The van der Waals surface area contributed by atoms with Gasteiger partial charge in [-0.25, -0.2) is 15.0 Å². The van der Waals surface area contributed by atoms with E-state index in [0.29, 0.717) is 23.0 Å². The first-order valence-corrected chi connectivity index (χ1v) is 18.1. The molecular formula is C47H28N4S. The average Bonchev–Trinajstić information content (AvgIpc) is 3.50. The Morgan fingerprint density at radius 2 is 0.885 bits per heavy atom. The third-order valence-corrected chi connectivity index (χ3v) is 11.4. The van der Waals surface area contributed by atoms with Gasteiger partial charge in [0.2, 0.25) is 0 Å². The molecule has 8 aromatic rings. The minimum absolute atomic E-state index is 0.576. The summed E-state index contributed by atoms with van der Waals surface area (Å²) in [7, 11) is 0. The largest absolute Gasteiger partial charge is 0.208 e. The van der Waals surface area contributed by atoms with Gasteiger partial charge in [-0.05, 0) is 80.9 Å². The molecule has 0 atom stereocenters. The monoisotopic (exact) mass is 680 g/mol. The molecule has 1 aliphatic carbocycles. The molecule has 1 spiro atoms. The highest BCUT2D eigenvalue weighted by Crippen LogP contribution is 2.62. The fraction of sp³-hybridized carbons (Fsp3) is 0.0213. The van der Waals surface area contributed by atoms with Crippen LogP contribution >= 0.6 is 11.8 Å². The van der Waals surface area contributed by atoms with E-state index < -0.39 is 5.41 Å². The zero-order chi connectivity index (χ0) is 34.6. The number of rotatable bonds is 4. The molecule has 0 fully saturated rings. The fourth-order valence-electron chi connectivity index (χ4n) is 7.92. The summed E-state index contributed by atoms with van der Waals surface area (Å²) in [5.41, 5.74) is 12.3. The maximum atomic E-state index is 10.1. The summed E-state index contributed by atoms with van der Waals surface area (Å²) >= 11 is 1.82. The molecule has 1 aromatic heterocycles. The first-order valence-electron chi connectivity index (χ1n) is 17.2. The summed E-state index contributed by atoms with van der Waals surface area (Å²) in [6.45, 7) is 0. The van der Waals surface area contributed by atoms with E-state index in [0.717, 1.165) is 38.9 Å². The Bertz CT molecular complexity index is 2630. The summed E-state index contributed by atoms with van der Waals surface area (Å²) in [5, 5.41) is 10.1. The number of fused-ring (bicyclic) bond motifs is 9. The highest BCUT2D eigenvalue weighted by atomic mass is 32.2. The Morgan fingerprint density at radius 3 is 1.50 bits per heavy atom. The fourth-order valence-corrected chi connectivity index (χ4v) is 9.12. The van der Waals surface area contributed by atoms with Crippen LogP contribution in [0.1, 0.15) is 27.8 Å². The van der Waals surface area contributed by atoms with Crippen molar-refractivity contribution in [1.82, 2.24) is 15.0 Å². The lowest BCUT2D eigenvalue weighted by Crippen LogP contribution is -2.32. The van der Waals surface area contributed by atoms with E-state index in [4.69, 9.17) is 15.0 Å². The molecule has 0 unspecified atom stereocenters. The Morgan fingerprint density at radius 1 is 0.404 bits per heavy atom. The molecule has 0 radical (unpaired) electrons. The molecule has 0 bridgehead atoms. The molecule has 10 rings (SSSR count). The van der Waals surface area contributed by atoms with Crippen molar-refractivity contribution < 1.29 is 0 Å². The van der Waals surface area contributed by atoms with Gasteiger partial charge >= 0.3 is 0 Å². The van der Waals surface area contributed by atoms with Gasteiger partial charge in [-0.1, -0.05) is 145 Å². The molecule has 4 nitrogen and oxygen atoms in total. The molecule has 5 heteroatoms. The SMILES string of the molecule is N#Cc1ccc2c(c1)C1(c3ccccc3Sc3ccccc31)c1cc(-c3cccc(-c4nc(-c5ccccc5)nc(-c5ccccc5)n4)c3)ccc1-2. The molecular weight excluding hydrogens is 653 g/mol. The van der Waals surface area contributed by atoms with Gasteiger partial charge in [0.15, 0.2) is 17.5 Å². The quantitative estimate of drug-likeness (QED) is 0.185. The van der Waals surface area contributed by atoms with Crippen molar-refractivity contribution in [3.63, 3.8) is 0 Å². The van der Waals surface area contributed by atoms with Crippen LogP contribution in [0.25, 0.3) is 56.4 Å². The lowest BCUT2D eigenvalue weighted by Gasteiger charge is -2.39. The van der Waals surface area contributed by atoms with E-state index in [-0.39, 0.29) is 0 Å². The van der Waals surface area contributed by atoms with Crippen LogP contribution < -0.4 is 0 Å². The van der Waals surface area contributed by atoms with Crippen LogP contribution in [0.2, 0.25) is 0 Å². The second-order valence-corrected chi connectivity index (χ2v) is 14.2. The van der Waals surface area contributed by atoms with Crippen LogP contribution in [0, 0.1) is 11.3 Å². The summed E-state index contributed by atoms with van der Waals surface area (Å²) in [6, 6.07) is 61.5. The van der Waals surface area contributed by atoms with E-state index in [9.17, 15) is 5.26 Å². The molecule has 0 saturated carbocycles. The van der Waals surface area contributed by atoms with Crippen LogP contribution in [0.5, 0.6) is 0 Å². The Balaban J connectivity index is 1.17. The van der Waals surface area contributed by atoms with Gasteiger partial charge in [-0.15, -0.1) is 0 Å². The Hall–Kier alpha value is -6.61. The molecule has 7 aromatic carbocycles. The van der Waals surface area contributed by atoms with Crippen molar-refractivity contribution in [3.8, 4) is 62.5 Å². The van der Waals surface area contributed by atoms with Gasteiger partial charge in [-0.3, -0.25) is 0 Å². The van der Waals surface area contributed by atoms with Crippen molar-refractivity contribution >= 4 is 11.8 Å². The van der Waals surface area contributed by atoms with Crippen molar-refractivity contribution in [3.05, 3.63) is 198 Å². The van der Waals surface area contributed by atoms with E-state index in [1.807, 2.05) is 78.5 Å². The predicted molar refractivity (Wildman–Crippen MR) is 208 cm³/mol. The number of hydrogen-bond acceptors (Lipinski definition) is 5. The first-order chi connectivity index (χ1) is 25.7. The normalized spacial score (nSPS) is 13.1. The van der Waals surface area contributed by atoms with Crippen molar-refractivity contribution in [2.45, 2.75) is 15.2 Å². The first kappa shape index (κ1) is 30.2. The average molecular weight is 681 g/mol. The summed E-state index contributed by atoms with van der Waals surface area (Å²) < 4.78 is 0. The van der Waals surface area contributed by atoms with Crippen molar-refractivity contribution in [2.24, 2.45) is 0 Å². The summed E-state index contributed by atoms with van der Waals surface area (Å²) in [6.07, 6.45) is 0. The highest BCUT2D eigenvalue weighted by molar-refractivity contribution is 7.99. The Kier molecular flexibility index (Phi) is 6.99. The van der Waals surface area contributed by atoms with E-state index in [2.05, 4.69) is 109 Å². The minimum atomic E-state index is -0.576. The third kappa shape index (κ3) is 4.66. The van der Waals surface area contributed by atoms with Crippen LogP contribution in [0.3, 0.4) is 0 Å². The standard InChI is InChI=1S/C47H28N4S/c48-29-30-22-24-36-37-25-23-34(28-41(37)47(40(36)26-30)38-18-7-9-20-42(38)52-43-21-10-8-19-39(43)47)33-16-11-17-35(27-33)46-50-44(31-12-3-1-4-13-31)49-45(51-46)32-14-5-2-6-15-32/h1-28H. The van der Waals surface area contributed by atoms with Crippen LogP contribution in [0.4, 0.5) is 0 Å². The molecule has 0 saturated heterocycles. The number of nitrogens with zero attached hydrogens (tertiary/aromatic N) is 4. The van der Waals surface area contributed by atoms with Crippen molar-refractivity contribution in [1.29, 1.82) is 5.26 Å². The van der Waals surface area contributed by atoms with Gasteiger partial charge in [0.05, 0.1) is 17.0 Å². The Labute approximate surface area is 306 Å². The lowest BCUT2D eigenvalue weighted by molar-refractivity contribution is 0.722.